The molecule has 0 saturated heterocycles. The normalized spacial score (nSPS) is 9.82. The fraction of sp³-hybridized carbons (Fsp3) is 0.250. The van der Waals surface area contributed by atoms with Crippen molar-refractivity contribution in [2.75, 3.05) is 6.61 Å². The number of ether oxygens (including phenoxy) is 1. The van der Waals surface area contributed by atoms with Crippen LogP contribution in [0.2, 0.25) is 0 Å². The van der Waals surface area contributed by atoms with Crippen LogP contribution in [0.1, 0.15) is 22.4 Å². The molecule has 0 saturated carbocycles. The summed E-state index contributed by atoms with van der Waals surface area (Å²) in [7, 11) is 0. The second-order valence-corrected chi connectivity index (χ2v) is 4.71. The number of aryl methyl sites for hydroxylation is 1. The summed E-state index contributed by atoms with van der Waals surface area (Å²) < 4.78 is 6.76. The Balaban J connectivity index is 2.09. The molecule has 0 fully saturated rings. The van der Waals surface area contributed by atoms with Crippen LogP contribution >= 0.6 is 0 Å². The molecule has 2 aromatic rings. The highest BCUT2D eigenvalue weighted by atomic mass is 16.5. The summed E-state index contributed by atoms with van der Waals surface area (Å²) in [5, 5.41) is 21.9. The standard InChI is InChI=1S/C16H14N4O2/c1-11-12(2)19-20(16(21)15(11)10-18)7-8-22-14-5-3-13(9-17)4-6-14/h3-6H,7-8H2,1-2H3. The monoisotopic (exact) mass is 294 g/mol. The molecule has 22 heavy (non-hydrogen) atoms. The van der Waals surface area contributed by atoms with E-state index in [4.69, 9.17) is 15.3 Å². The molecule has 6 heteroatoms. The van der Waals surface area contributed by atoms with Gasteiger partial charge in [0.15, 0.2) is 0 Å². The van der Waals surface area contributed by atoms with Crippen molar-refractivity contribution in [1.82, 2.24) is 9.78 Å². The highest BCUT2D eigenvalue weighted by Crippen LogP contribution is 2.11. The first-order valence-electron chi connectivity index (χ1n) is 6.68. The fourth-order valence-electron chi connectivity index (χ4n) is 1.93. The lowest BCUT2D eigenvalue weighted by atomic mass is 10.1. The van der Waals surface area contributed by atoms with E-state index in [-0.39, 0.29) is 18.7 Å². The highest BCUT2D eigenvalue weighted by molar-refractivity contribution is 5.36. The Morgan fingerprint density at radius 1 is 1.18 bits per heavy atom. The van der Waals surface area contributed by atoms with Crippen LogP contribution in [-0.2, 0) is 6.54 Å². The molecule has 0 unspecified atom stereocenters. The van der Waals surface area contributed by atoms with E-state index >= 15 is 0 Å². The average Bonchev–Trinajstić information content (AvgIpc) is 2.53. The summed E-state index contributed by atoms with van der Waals surface area (Å²) in [6.07, 6.45) is 0. The molecule has 0 spiro atoms. The van der Waals surface area contributed by atoms with Gasteiger partial charge in [0.1, 0.15) is 24.0 Å². The van der Waals surface area contributed by atoms with Crippen molar-refractivity contribution in [3.8, 4) is 17.9 Å². The van der Waals surface area contributed by atoms with Gasteiger partial charge < -0.3 is 4.74 Å². The van der Waals surface area contributed by atoms with E-state index in [1.165, 1.54) is 4.68 Å². The average molecular weight is 294 g/mol. The molecule has 0 aliphatic carbocycles. The summed E-state index contributed by atoms with van der Waals surface area (Å²) in [5.74, 6) is 0.608. The van der Waals surface area contributed by atoms with Gasteiger partial charge in [0.25, 0.3) is 5.56 Å². The first-order chi connectivity index (χ1) is 10.6. The Hall–Kier alpha value is -3.12. The van der Waals surface area contributed by atoms with E-state index in [1.54, 1.807) is 38.1 Å². The van der Waals surface area contributed by atoms with Crippen LogP contribution in [0, 0.1) is 36.5 Å². The second kappa shape index (κ2) is 6.55. The molecule has 0 aliphatic heterocycles. The molecule has 6 nitrogen and oxygen atoms in total. The molecule has 0 radical (unpaired) electrons. The lowest BCUT2D eigenvalue weighted by molar-refractivity contribution is 0.287. The zero-order valence-electron chi connectivity index (χ0n) is 12.3. The zero-order chi connectivity index (χ0) is 16.1. The van der Waals surface area contributed by atoms with Gasteiger partial charge in [-0.05, 0) is 43.7 Å². The van der Waals surface area contributed by atoms with E-state index in [9.17, 15) is 4.79 Å². The van der Waals surface area contributed by atoms with Crippen molar-refractivity contribution in [3.05, 3.63) is 57.0 Å². The Kier molecular flexibility index (Phi) is 4.55. The largest absolute Gasteiger partial charge is 0.492 e. The fourth-order valence-corrected chi connectivity index (χ4v) is 1.93. The highest BCUT2D eigenvalue weighted by Gasteiger charge is 2.11. The van der Waals surface area contributed by atoms with Crippen molar-refractivity contribution in [3.63, 3.8) is 0 Å². The Labute approximate surface area is 127 Å². The Morgan fingerprint density at radius 2 is 1.86 bits per heavy atom. The first kappa shape index (κ1) is 15.3. The minimum absolute atomic E-state index is 0.117. The van der Waals surface area contributed by atoms with Gasteiger partial charge >= 0.3 is 0 Å². The number of aromatic nitrogens is 2. The molecule has 1 aromatic carbocycles. The van der Waals surface area contributed by atoms with Crippen LogP contribution in [0.25, 0.3) is 0 Å². The van der Waals surface area contributed by atoms with Gasteiger partial charge in [0, 0.05) is 0 Å². The third kappa shape index (κ3) is 3.13. The minimum atomic E-state index is -0.408. The molecule has 2 rings (SSSR count). The third-order valence-corrected chi connectivity index (χ3v) is 3.30. The number of nitrogens with zero attached hydrogens (tertiary/aromatic N) is 4. The summed E-state index contributed by atoms with van der Waals surface area (Å²) >= 11 is 0. The van der Waals surface area contributed by atoms with Crippen molar-refractivity contribution in [1.29, 1.82) is 10.5 Å². The number of rotatable bonds is 4. The van der Waals surface area contributed by atoms with E-state index in [1.807, 2.05) is 12.1 Å². The molecule has 1 aromatic heterocycles. The Morgan fingerprint density at radius 3 is 2.45 bits per heavy atom. The zero-order valence-corrected chi connectivity index (χ0v) is 12.3. The number of benzene rings is 1. The molecule has 1 heterocycles. The van der Waals surface area contributed by atoms with Crippen LogP contribution in [0.3, 0.4) is 0 Å². The van der Waals surface area contributed by atoms with Crippen molar-refractivity contribution >= 4 is 0 Å². The first-order valence-corrected chi connectivity index (χ1v) is 6.68. The third-order valence-electron chi connectivity index (χ3n) is 3.30. The lowest BCUT2D eigenvalue weighted by Crippen LogP contribution is -2.29. The predicted octanol–water partition coefficient (Wildman–Crippen LogP) is 1.68. The summed E-state index contributed by atoms with van der Waals surface area (Å²) in [6.45, 7) is 3.95. The van der Waals surface area contributed by atoms with Crippen LogP contribution in [0.15, 0.2) is 29.1 Å². The molecule has 0 aliphatic rings. The molecule has 0 amide bonds. The van der Waals surface area contributed by atoms with Gasteiger partial charge in [-0.25, -0.2) is 4.68 Å². The molecule has 0 bridgehead atoms. The SMILES string of the molecule is Cc1nn(CCOc2ccc(C#N)cc2)c(=O)c(C#N)c1C. The van der Waals surface area contributed by atoms with Crippen LogP contribution < -0.4 is 10.3 Å². The van der Waals surface area contributed by atoms with Crippen molar-refractivity contribution in [2.45, 2.75) is 20.4 Å². The summed E-state index contributed by atoms with van der Waals surface area (Å²) in [5.41, 5.74) is 1.52. The second-order valence-electron chi connectivity index (χ2n) is 4.71. The van der Waals surface area contributed by atoms with E-state index in [0.29, 0.717) is 22.6 Å². The topological polar surface area (TPSA) is 91.7 Å². The number of nitriles is 2. The number of hydrogen-bond acceptors (Lipinski definition) is 5. The van der Waals surface area contributed by atoms with Gasteiger partial charge in [-0.15, -0.1) is 0 Å². The predicted molar refractivity (Wildman–Crippen MR) is 79.3 cm³/mol. The maximum atomic E-state index is 12.1. The summed E-state index contributed by atoms with van der Waals surface area (Å²) in [6, 6.07) is 10.6. The van der Waals surface area contributed by atoms with Crippen LogP contribution in [0.4, 0.5) is 0 Å². The lowest BCUT2D eigenvalue weighted by Gasteiger charge is -2.10. The minimum Gasteiger partial charge on any atom is -0.492 e. The van der Waals surface area contributed by atoms with E-state index in [0.717, 1.165) is 0 Å². The van der Waals surface area contributed by atoms with Crippen molar-refractivity contribution < 1.29 is 4.74 Å². The van der Waals surface area contributed by atoms with Gasteiger partial charge in [-0.2, -0.15) is 15.6 Å². The molecular formula is C16H14N4O2. The van der Waals surface area contributed by atoms with E-state index in [2.05, 4.69) is 5.10 Å². The van der Waals surface area contributed by atoms with Crippen LogP contribution in [0.5, 0.6) is 5.75 Å². The molecule has 0 N–H and O–H groups in total. The molecule has 110 valence electrons. The van der Waals surface area contributed by atoms with Crippen molar-refractivity contribution in [2.24, 2.45) is 0 Å². The smallest absolute Gasteiger partial charge is 0.285 e. The number of hydrogen-bond donors (Lipinski definition) is 0. The maximum absolute atomic E-state index is 12.1. The van der Waals surface area contributed by atoms with Crippen LogP contribution in [-0.4, -0.2) is 16.4 Å². The van der Waals surface area contributed by atoms with Gasteiger partial charge in [-0.1, -0.05) is 0 Å². The Bertz CT molecular complexity index is 823. The van der Waals surface area contributed by atoms with Gasteiger partial charge in [0.05, 0.1) is 23.9 Å². The molecule has 0 atom stereocenters. The molecular weight excluding hydrogens is 280 g/mol. The van der Waals surface area contributed by atoms with E-state index < -0.39 is 5.56 Å². The van der Waals surface area contributed by atoms with Gasteiger partial charge in [0.2, 0.25) is 0 Å². The quantitative estimate of drug-likeness (QED) is 0.855. The summed E-state index contributed by atoms with van der Waals surface area (Å²) in [4.78, 5) is 12.1. The van der Waals surface area contributed by atoms with Gasteiger partial charge in [-0.3, -0.25) is 4.79 Å². The maximum Gasteiger partial charge on any atom is 0.285 e.